The predicted octanol–water partition coefficient (Wildman–Crippen LogP) is 3.91. The Labute approximate surface area is 165 Å². The van der Waals surface area contributed by atoms with Crippen molar-refractivity contribution in [2.24, 2.45) is 0 Å². The van der Waals surface area contributed by atoms with Crippen LogP contribution in [-0.2, 0) is 9.53 Å². The Bertz CT molecular complexity index is 902. The number of halogens is 2. The quantitative estimate of drug-likeness (QED) is 0.750. The highest BCUT2D eigenvalue weighted by Gasteiger charge is 2.24. The minimum Gasteiger partial charge on any atom is -0.495 e. The molecule has 2 aromatic rings. The molecule has 1 heterocycles. The van der Waals surface area contributed by atoms with E-state index in [-0.39, 0.29) is 17.4 Å². The lowest BCUT2D eigenvalue weighted by Crippen LogP contribution is -2.30. The standard InChI is InChI=1S/C18H15Cl2NO6/c1-9(17(22)21-11-3-4-14(24-2)12(19)7-11)27-18(23)10-5-13(20)16-15(6-10)25-8-26-16/h3-7,9H,8H2,1-2H3,(H,21,22)/t9-/m0/s1. The Balaban J connectivity index is 1.65. The topological polar surface area (TPSA) is 83.1 Å². The number of rotatable bonds is 5. The van der Waals surface area contributed by atoms with Gasteiger partial charge in [0.05, 0.1) is 22.7 Å². The molecule has 0 unspecified atom stereocenters. The van der Waals surface area contributed by atoms with Crippen molar-refractivity contribution in [3.05, 3.63) is 45.9 Å². The molecule has 0 aromatic heterocycles. The SMILES string of the molecule is COc1ccc(NC(=O)[C@H](C)OC(=O)c2cc(Cl)c3c(c2)OCO3)cc1Cl. The van der Waals surface area contributed by atoms with Gasteiger partial charge in [-0.3, -0.25) is 4.79 Å². The van der Waals surface area contributed by atoms with Gasteiger partial charge in [0.2, 0.25) is 6.79 Å². The Hall–Kier alpha value is -2.64. The van der Waals surface area contributed by atoms with Crippen LogP contribution >= 0.6 is 23.2 Å². The van der Waals surface area contributed by atoms with E-state index in [0.29, 0.717) is 28.0 Å². The highest BCUT2D eigenvalue weighted by atomic mass is 35.5. The van der Waals surface area contributed by atoms with Crippen molar-refractivity contribution >= 4 is 40.8 Å². The van der Waals surface area contributed by atoms with E-state index in [4.69, 9.17) is 42.1 Å². The second kappa shape index (κ2) is 7.94. The summed E-state index contributed by atoms with van der Waals surface area (Å²) in [5.74, 6) is -0.0364. The fourth-order valence-electron chi connectivity index (χ4n) is 2.36. The molecule has 0 saturated carbocycles. The minimum atomic E-state index is -1.05. The first-order valence-electron chi connectivity index (χ1n) is 7.83. The highest BCUT2D eigenvalue weighted by Crippen LogP contribution is 2.40. The molecule has 2 aromatic carbocycles. The molecule has 0 radical (unpaired) electrons. The second-order valence-electron chi connectivity index (χ2n) is 5.58. The maximum absolute atomic E-state index is 12.3. The first kappa shape index (κ1) is 19.1. The van der Waals surface area contributed by atoms with Crippen molar-refractivity contribution in [2.75, 3.05) is 19.2 Å². The zero-order chi connectivity index (χ0) is 19.6. The van der Waals surface area contributed by atoms with E-state index < -0.39 is 18.0 Å². The first-order chi connectivity index (χ1) is 12.9. The lowest BCUT2D eigenvalue weighted by molar-refractivity contribution is -0.123. The van der Waals surface area contributed by atoms with Gasteiger partial charge in [0.1, 0.15) is 5.75 Å². The van der Waals surface area contributed by atoms with Gasteiger partial charge in [-0.1, -0.05) is 23.2 Å². The van der Waals surface area contributed by atoms with Crippen LogP contribution in [0, 0.1) is 0 Å². The molecule has 9 heteroatoms. The van der Waals surface area contributed by atoms with E-state index in [0.717, 1.165) is 0 Å². The summed E-state index contributed by atoms with van der Waals surface area (Å²) in [7, 11) is 1.49. The van der Waals surface area contributed by atoms with Crippen molar-refractivity contribution in [1.82, 2.24) is 0 Å². The van der Waals surface area contributed by atoms with Gasteiger partial charge in [-0.25, -0.2) is 4.79 Å². The molecule has 142 valence electrons. The second-order valence-corrected chi connectivity index (χ2v) is 6.39. The van der Waals surface area contributed by atoms with Gasteiger partial charge in [-0.2, -0.15) is 0 Å². The lowest BCUT2D eigenvalue weighted by atomic mass is 10.2. The number of anilines is 1. The van der Waals surface area contributed by atoms with E-state index >= 15 is 0 Å². The van der Waals surface area contributed by atoms with Crippen molar-refractivity contribution in [3.63, 3.8) is 0 Å². The summed E-state index contributed by atoms with van der Waals surface area (Å²) in [4.78, 5) is 24.6. The van der Waals surface area contributed by atoms with E-state index in [2.05, 4.69) is 5.32 Å². The Morgan fingerprint density at radius 3 is 2.63 bits per heavy atom. The van der Waals surface area contributed by atoms with Crippen molar-refractivity contribution in [2.45, 2.75) is 13.0 Å². The number of amides is 1. The molecule has 0 spiro atoms. The first-order valence-corrected chi connectivity index (χ1v) is 8.59. The Kier molecular flexibility index (Phi) is 5.62. The van der Waals surface area contributed by atoms with Gasteiger partial charge in [-0.15, -0.1) is 0 Å². The molecule has 1 aliphatic heterocycles. The van der Waals surface area contributed by atoms with Crippen molar-refractivity contribution < 1.29 is 28.5 Å². The molecule has 0 saturated heterocycles. The highest BCUT2D eigenvalue weighted by molar-refractivity contribution is 6.33. The zero-order valence-corrected chi connectivity index (χ0v) is 15.9. The van der Waals surface area contributed by atoms with Crippen LogP contribution in [0.5, 0.6) is 17.2 Å². The number of methoxy groups -OCH3 is 1. The smallest absolute Gasteiger partial charge is 0.339 e. The molecule has 27 heavy (non-hydrogen) atoms. The molecule has 0 aliphatic carbocycles. The number of fused-ring (bicyclic) bond motifs is 1. The third-order valence-electron chi connectivity index (χ3n) is 3.74. The van der Waals surface area contributed by atoms with Crippen LogP contribution in [0.15, 0.2) is 30.3 Å². The van der Waals surface area contributed by atoms with Crippen LogP contribution in [0.1, 0.15) is 17.3 Å². The van der Waals surface area contributed by atoms with Gasteiger partial charge in [-0.05, 0) is 37.3 Å². The summed E-state index contributed by atoms with van der Waals surface area (Å²) in [5, 5.41) is 3.18. The Morgan fingerprint density at radius 2 is 1.93 bits per heavy atom. The molecule has 1 aliphatic rings. The number of benzene rings is 2. The zero-order valence-electron chi connectivity index (χ0n) is 14.4. The summed E-state index contributed by atoms with van der Waals surface area (Å²) < 4.78 is 20.6. The van der Waals surface area contributed by atoms with E-state index in [1.165, 1.54) is 32.2 Å². The van der Waals surface area contributed by atoms with Gasteiger partial charge >= 0.3 is 5.97 Å². The molecule has 3 rings (SSSR count). The number of ether oxygens (including phenoxy) is 4. The fourth-order valence-corrected chi connectivity index (χ4v) is 2.88. The van der Waals surface area contributed by atoms with Crippen LogP contribution in [0.2, 0.25) is 10.0 Å². The monoisotopic (exact) mass is 411 g/mol. The van der Waals surface area contributed by atoms with Crippen molar-refractivity contribution in [1.29, 1.82) is 0 Å². The van der Waals surface area contributed by atoms with Gasteiger partial charge < -0.3 is 24.3 Å². The molecular weight excluding hydrogens is 397 g/mol. The lowest BCUT2D eigenvalue weighted by Gasteiger charge is -2.14. The number of esters is 1. The van der Waals surface area contributed by atoms with Crippen LogP contribution in [0.4, 0.5) is 5.69 Å². The molecule has 0 bridgehead atoms. The number of carbonyl (C=O) groups is 2. The summed E-state index contributed by atoms with van der Waals surface area (Å²) in [6.07, 6.45) is -1.05. The van der Waals surface area contributed by atoms with E-state index in [9.17, 15) is 9.59 Å². The van der Waals surface area contributed by atoms with Crippen LogP contribution in [0.3, 0.4) is 0 Å². The number of hydrogen-bond donors (Lipinski definition) is 1. The number of carbonyl (C=O) groups excluding carboxylic acids is 2. The van der Waals surface area contributed by atoms with Crippen LogP contribution < -0.4 is 19.5 Å². The summed E-state index contributed by atoms with van der Waals surface area (Å²) >= 11 is 12.1. The maximum Gasteiger partial charge on any atom is 0.339 e. The predicted molar refractivity (Wildman–Crippen MR) is 99.1 cm³/mol. The minimum absolute atomic E-state index is 0.0246. The van der Waals surface area contributed by atoms with Crippen LogP contribution in [-0.4, -0.2) is 31.9 Å². The summed E-state index contributed by atoms with van der Waals surface area (Å²) in [6, 6.07) is 7.61. The number of hydrogen-bond acceptors (Lipinski definition) is 6. The Morgan fingerprint density at radius 1 is 1.15 bits per heavy atom. The fraction of sp³-hybridized carbons (Fsp3) is 0.222. The van der Waals surface area contributed by atoms with E-state index in [1.54, 1.807) is 12.1 Å². The van der Waals surface area contributed by atoms with Gasteiger partial charge in [0, 0.05) is 5.69 Å². The van der Waals surface area contributed by atoms with E-state index in [1.807, 2.05) is 0 Å². The molecule has 0 fully saturated rings. The van der Waals surface area contributed by atoms with Gasteiger partial charge in [0.15, 0.2) is 17.6 Å². The molecule has 1 N–H and O–H groups in total. The average Bonchev–Trinajstić information content (AvgIpc) is 3.11. The van der Waals surface area contributed by atoms with Gasteiger partial charge in [0.25, 0.3) is 5.91 Å². The van der Waals surface area contributed by atoms with Crippen molar-refractivity contribution in [3.8, 4) is 17.2 Å². The normalized spacial score (nSPS) is 13.0. The maximum atomic E-state index is 12.3. The largest absolute Gasteiger partial charge is 0.495 e. The third-order valence-corrected chi connectivity index (χ3v) is 4.31. The summed E-state index contributed by atoms with van der Waals surface area (Å²) in [6.45, 7) is 1.48. The molecule has 1 amide bonds. The average molecular weight is 412 g/mol. The molecule has 1 atom stereocenters. The molecular formula is C18H15Cl2NO6. The third kappa shape index (κ3) is 4.20. The van der Waals surface area contributed by atoms with Crippen LogP contribution in [0.25, 0.3) is 0 Å². The number of nitrogens with one attached hydrogen (secondary N) is 1. The molecule has 7 nitrogen and oxygen atoms in total. The summed E-state index contributed by atoms with van der Waals surface area (Å²) in [5.41, 5.74) is 0.594.